The molecule has 0 unspecified atom stereocenters. The third-order valence-electron chi connectivity index (χ3n) is 2.79. The van der Waals surface area contributed by atoms with Gasteiger partial charge in [-0.2, -0.15) is 5.10 Å². The van der Waals surface area contributed by atoms with E-state index in [2.05, 4.69) is 15.4 Å². The van der Waals surface area contributed by atoms with Gasteiger partial charge < -0.3 is 5.32 Å². The van der Waals surface area contributed by atoms with Gasteiger partial charge in [0.25, 0.3) is 0 Å². The lowest BCUT2D eigenvalue weighted by atomic mass is 10.3. The van der Waals surface area contributed by atoms with Crippen molar-refractivity contribution in [3.8, 4) is 5.82 Å². The molecule has 0 aliphatic carbocycles. The monoisotopic (exact) mass is 282 g/mol. The Kier molecular flexibility index (Phi) is 4.66. The third kappa shape index (κ3) is 3.89. The van der Waals surface area contributed by atoms with Crippen LogP contribution in [-0.4, -0.2) is 20.7 Å². The van der Waals surface area contributed by atoms with Crippen LogP contribution in [0.25, 0.3) is 5.82 Å². The Labute approximate surface area is 124 Å². The number of hydrogen-bond donors (Lipinski definition) is 1. The second kappa shape index (κ2) is 6.65. The molecule has 0 fully saturated rings. The minimum atomic E-state index is -0.186. The Hall–Kier alpha value is -2.69. The van der Waals surface area contributed by atoms with Gasteiger partial charge in [-0.15, -0.1) is 0 Å². The Balaban J connectivity index is 2.09. The van der Waals surface area contributed by atoms with E-state index in [4.69, 9.17) is 0 Å². The molecule has 5 nitrogen and oxygen atoms in total. The summed E-state index contributed by atoms with van der Waals surface area (Å²) in [5.74, 6) is 0.539. The largest absolute Gasteiger partial charge is 0.321 e. The van der Waals surface area contributed by atoms with Crippen LogP contribution in [0.5, 0.6) is 0 Å². The fraction of sp³-hybridized carbons (Fsp3) is 0.188. The number of nitrogens with one attached hydrogen (secondary N) is 1. The second-order valence-corrected chi connectivity index (χ2v) is 4.62. The van der Waals surface area contributed by atoms with Crippen molar-refractivity contribution in [1.82, 2.24) is 14.8 Å². The van der Waals surface area contributed by atoms with E-state index in [9.17, 15) is 4.79 Å². The van der Waals surface area contributed by atoms with Gasteiger partial charge in [0.1, 0.15) is 0 Å². The van der Waals surface area contributed by atoms with Gasteiger partial charge >= 0.3 is 0 Å². The first-order valence-electron chi connectivity index (χ1n) is 6.70. The number of carbonyl (C=O) groups is 1. The first kappa shape index (κ1) is 14.7. The minimum absolute atomic E-state index is 0.186. The fourth-order valence-electron chi connectivity index (χ4n) is 1.88. The quantitative estimate of drug-likeness (QED) is 0.693. The van der Waals surface area contributed by atoms with Gasteiger partial charge in [-0.25, -0.2) is 9.67 Å². The summed E-state index contributed by atoms with van der Waals surface area (Å²) in [6.07, 6.45) is 8.42. The maximum absolute atomic E-state index is 11.6. The molecule has 0 radical (unpaired) electrons. The molecule has 2 aromatic rings. The zero-order valence-corrected chi connectivity index (χ0v) is 12.4. The summed E-state index contributed by atoms with van der Waals surface area (Å²) < 4.78 is 1.77. The lowest BCUT2D eigenvalue weighted by molar-refractivity contribution is -0.111. The van der Waals surface area contributed by atoms with Gasteiger partial charge in [0.15, 0.2) is 5.82 Å². The van der Waals surface area contributed by atoms with Crippen molar-refractivity contribution in [2.45, 2.75) is 20.8 Å². The highest BCUT2D eigenvalue weighted by atomic mass is 16.1. The predicted molar refractivity (Wildman–Crippen MR) is 83.4 cm³/mol. The number of hydrogen-bond acceptors (Lipinski definition) is 3. The standard InChI is InChI=1S/C16H18N4O/c1-4-5-6-7-16(21)18-14-8-9-15(17-11-14)20-13(3)10-12(2)19-20/h4-11H,1-3H3,(H,18,21)/b5-4+,7-6+. The van der Waals surface area contributed by atoms with E-state index in [0.717, 1.165) is 17.2 Å². The molecule has 5 heteroatoms. The Morgan fingerprint density at radius 3 is 2.67 bits per heavy atom. The second-order valence-electron chi connectivity index (χ2n) is 4.62. The van der Waals surface area contributed by atoms with Crippen LogP contribution in [0, 0.1) is 13.8 Å². The first-order chi connectivity index (χ1) is 10.1. The summed E-state index contributed by atoms with van der Waals surface area (Å²) in [5.41, 5.74) is 2.61. The first-order valence-corrected chi connectivity index (χ1v) is 6.70. The van der Waals surface area contributed by atoms with Crippen molar-refractivity contribution in [3.63, 3.8) is 0 Å². The molecule has 2 aromatic heterocycles. The molecule has 0 spiro atoms. The van der Waals surface area contributed by atoms with Crippen molar-refractivity contribution in [2.24, 2.45) is 0 Å². The van der Waals surface area contributed by atoms with Crippen molar-refractivity contribution >= 4 is 11.6 Å². The molecule has 1 amide bonds. The van der Waals surface area contributed by atoms with Gasteiger partial charge in [0.05, 0.1) is 17.6 Å². The number of allylic oxidation sites excluding steroid dienone is 3. The number of aryl methyl sites for hydroxylation is 2. The predicted octanol–water partition coefficient (Wildman–Crippen LogP) is 2.95. The molecule has 108 valence electrons. The van der Waals surface area contributed by atoms with E-state index in [-0.39, 0.29) is 5.91 Å². The van der Waals surface area contributed by atoms with Gasteiger partial charge in [0, 0.05) is 11.8 Å². The SMILES string of the molecule is C/C=C/C=C/C(=O)Nc1ccc(-n2nc(C)cc2C)nc1. The molecule has 0 bridgehead atoms. The van der Waals surface area contributed by atoms with Crippen molar-refractivity contribution in [3.05, 3.63) is 60.1 Å². The molecule has 21 heavy (non-hydrogen) atoms. The Bertz CT molecular complexity index is 681. The molecular formula is C16H18N4O. The molecule has 2 heterocycles. The van der Waals surface area contributed by atoms with Crippen LogP contribution in [0.2, 0.25) is 0 Å². The third-order valence-corrected chi connectivity index (χ3v) is 2.79. The zero-order valence-electron chi connectivity index (χ0n) is 12.4. The molecular weight excluding hydrogens is 264 g/mol. The van der Waals surface area contributed by atoms with E-state index in [1.54, 1.807) is 29.1 Å². The molecule has 1 N–H and O–H groups in total. The molecule has 0 aromatic carbocycles. The number of anilines is 1. The number of aromatic nitrogens is 3. The fourth-order valence-corrected chi connectivity index (χ4v) is 1.88. The summed E-state index contributed by atoms with van der Waals surface area (Å²) >= 11 is 0. The van der Waals surface area contributed by atoms with Crippen LogP contribution < -0.4 is 5.32 Å². The topological polar surface area (TPSA) is 59.8 Å². The number of carbonyl (C=O) groups excluding carboxylic acids is 1. The summed E-state index contributed by atoms with van der Waals surface area (Å²) in [6.45, 7) is 5.81. The van der Waals surface area contributed by atoms with Crippen molar-refractivity contribution < 1.29 is 4.79 Å². The molecule has 0 aliphatic heterocycles. The van der Waals surface area contributed by atoms with Crippen LogP contribution in [0.1, 0.15) is 18.3 Å². The van der Waals surface area contributed by atoms with Crippen LogP contribution in [0.15, 0.2) is 48.7 Å². The Morgan fingerprint density at radius 2 is 2.10 bits per heavy atom. The molecule has 0 saturated carbocycles. The van der Waals surface area contributed by atoms with Gasteiger partial charge in [-0.3, -0.25) is 4.79 Å². The lowest BCUT2D eigenvalue weighted by Crippen LogP contribution is -2.09. The summed E-state index contributed by atoms with van der Waals surface area (Å²) in [5, 5.41) is 7.12. The van der Waals surface area contributed by atoms with Gasteiger partial charge in [-0.05, 0) is 39.0 Å². The van der Waals surface area contributed by atoms with Crippen LogP contribution in [-0.2, 0) is 4.79 Å². The summed E-state index contributed by atoms with van der Waals surface area (Å²) in [7, 11) is 0. The molecule has 0 atom stereocenters. The normalized spacial score (nSPS) is 11.4. The van der Waals surface area contributed by atoms with E-state index >= 15 is 0 Å². The maximum Gasteiger partial charge on any atom is 0.248 e. The Morgan fingerprint density at radius 1 is 1.29 bits per heavy atom. The number of rotatable bonds is 4. The van der Waals surface area contributed by atoms with Gasteiger partial charge in [-0.1, -0.05) is 18.2 Å². The number of nitrogens with zero attached hydrogens (tertiary/aromatic N) is 3. The number of pyridine rings is 1. The zero-order chi connectivity index (χ0) is 15.2. The average molecular weight is 282 g/mol. The molecule has 0 saturated heterocycles. The highest BCUT2D eigenvalue weighted by molar-refractivity contribution is 5.99. The maximum atomic E-state index is 11.6. The van der Waals surface area contributed by atoms with E-state index in [0.29, 0.717) is 5.69 Å². The van der Waals surface area contributed by atoms with E-state index in [1.165, 1.54) is 6.08 Å². The highest BCUT2D eigenvalue weighted by Crippen LogP contribution is 2.12. The van der Waals surface area contributed by atoms with Crippen molar-refractivity contribution in [1.29, 1.82) is 0 Å². The minimum Gasteiger partial charge on any atom is -0.321 e. The summed E-state index contributed by atoms with van der Waals surface area (Å²) in [4.78, 5) is 15.9. The van der Waals surface area contributed by atoms with E-state index in [1.807, 2.05) is 39.0 Å². The smallest absolute Gasteiger partial charge is 0.248 e. The lowest BCUT2D eigenvalue weighted by Gasteiger charge is -2.05. The average Bonchev–Trinajstić information content (AvgIpc) is 2.79. The summed E-state index contributed by atoms with van der Waals surface area (Å²) in [6, 6.07) is 5.62. The van der Waals surface area contributed by atoms with Crippen LogP contribution in [0.3, 0.4) is 0 Å². The van der Waals surface area contributed by atoms with Gasteiger partial charge in [0.2, 0.25) is 5.91 Å². The number of amides is 1. The van der Waals surface area contributed by atoms with E-state index < -0.39 is 0 Å². The molecule has 2 rings (SSSR count). The van der Waals surface area contributed by atoms with Crippen LogP contribution in [0.4, 0.5) is 5.69 Å². The molecule has 0 aliphatic rings. The highest BCUT2D eigenvalue weighted by Gasteiger charge is 2.05. The van der Waals surface area contributed by atoms with Crippen molar-refractivity contribution in [2.75, 3.05) is 5.32 Å². The van der Waals surface area contributed by atoms with Crippen LogP contribution >= 0.6 is 0 Å².